The molecule has 0 bridgehead atoms. The van der Waals surface area contributed by atoms with Gasteiger partial charge in [0.15, 0.2) is 0 Å². The third kappa shape index (κ3) is 6.86. The first-order valence-corrected chi connectivity index (χ1v) is 11.2. The zero-order chi connectivity index (χ0) is 25.4. The van der Waals surface area contributed by atoms with Gasteiger partial charge in [0, 0.05) is 24.3 Å². The van der Waals surface area contributed by atoms with Crippen molar-refractivity contribution in [3.05, 3.63) is 82.1 Å². The second-order valence-corrected chi connectivity index (χ2v) is 8.12. The Kier molecular flexibility index (Phi) is 8.92. The molecule has 0 spiro atoms. The van der Waals surface area contributed by atoms with Gasteiger partial charge in [0.25, 0.3) is 0 Å². The summed E-state index contributed by atoms with van der Waals surface area (Å²) in [6, 6.07) is 15.1. The number of halogens is 1. The molecule has 1 aromatic heterocycles. The molecule has 35 heavy (non-hydrogen) atoms. The Balaban J connectivity index is 1.82. The van der Waals surface area contributed by atoms with Crippen molar-refractivity contribution in [1.82, 2.24) is 14.7 Å². The second-order valence-electron chi connectivity index (χ2n) is 7.76. The zero-order valence-corrected chi connectivity index (χ0v) is 20.9. The van der Waals surface area contributed by atoms with Gasteiger partial charge >= 0.3 is 5.97 Å². The summed E-state index contributed by atoms with van der Waals surface area (Å²) in [5.41, 5.74) is 3.11. The number of amides is 1. The Morgan fingerprint density at radius 3 is 2.29 bits per heavy atom. The molecule has 1 heterocycles. The van der Waals surface area contributed by atoms with Crippen LogP contribution in [0.4, 0.5) is 0 Å². The average molecular weight is 498 g/mol. The third-order valence-electron chi connectivity index (χ3n) is 5.32. The Hall–Kier alpha value is -3.78. The van der Waals surface area contributed by atoms with Crippen molar-refractivity contribution in [3.8, 4) is 11.5 Å². The number of carbonyl (C=O) groups is 2. The number of hydrogen-bond donors (Lipinski definition) is 0. The van der Waals surface area contributed by atoms with Gasteiger partial charge in [-0.25, -0.2) is 4.68 Å². The van der Waals surface area contributed by atoms with Crippen LogP contribution in [0.3, 0.4) is 0 Å². The summed E-state index contributed by atoms with van der Waals surface area (Å²) in [4.78, 5) is 26.5. The molecule has 3 rings (SSSR count). The molecule has 0 unspecified atom stereocenters. The molecule has 184 valence electrons. The van der Waals surface area contributed by atoms with Crippen LogP contribution in [0.5, 0.6) is 11.5 Å². The lowest BCUT2D eigenvalue weighted by Gasteiger charge is -2.20. The first-order valence-electron chi connectivity index (χ1n) is 10.9. The SMILES string of the molecule is COC(=O)CN(Cc1cc(OC)cc(OC)c1)C(=O)/C=C/c1c(C)nn(Cc2ccccc2)c1Cl. The minimum atomic E-state index is -0.536. The van der Waals surface area contributed by atoms with Crippen molar-refractivity contribution in [2.45, 2.75) is 20.0 Å². The van der Waals surface area contributed by atoms with Crippen LogP contribution in [-0.2, 0) is 27.4 Å². The predicted molar refractivity (Wildman–Crippen MR) is 134 cm³/mol. The zero-order valence-electron chi connectivity index (χ0n) is 20.2. The molecule has 0 aliphatic carbocycles. The molecule has 9 heteroatoms. The number of ether oxygens (including phenoxy) is 3. The fourth-order valence-electron chi connectivity index (χ4n) is 3.49. The van der Waals surface area contributed by atoms with Crippen LogP contribution in [0.1, 0.15) is 22.4 Å². The molecule has 0 aliphatic rings. The number of rotatable bonds is 10. The summed E-state index contributed by atoms with van der Waals surface area (Å²) in [7, 11) is 4.37. The van der Waals surface area contributed by atoms with E-state index in [1.165, 1.54) is 18.1 Å². The van der Waals surface area contributed by atoms with E-state index >= 15 is 0 Å². The highest BCUT2D eigenvalue weighted by Gasteiger charge is 2.18. The normalized spacial score (nSPS) is 10.9. The van der Waals surface area contributed by atoms with Gasteiger partial charge in [-0.15, -0.1) is 0 Å². The molecule has 0 N–H and O–H groups in total. The summed E-state index contributed by atoms with van der Waals surface area (Å²) >= 11 is 6.57. The van der Waals surface area contributed by atoms with Crippen LogP contribution in [0.15, 0.2) is 54.6 Å². The minimum Gasteiger partial charge on any atom is -0.497 e. The number of hydrogen-bond acceptors (Lipinski definition) is 6. The van der Waals surface area contributed by atoms with E-state index in [0.29, 0.717) is 34.5 Å². The van der Waals surface area contributed by atoms with E-state index in [1.807, 2.05) is 37.3 Å². The third-order valence-corrected chi connectivity index (χ3v) is 5.72. The molecule has 0 radical (unpaired) electrons. The molecule has 1 amide bonds. The van der Waals surface area contributed by atoms with Crippen LogP contribution < -0.4 is 9.47 Å². The van der Waals surface area contributed by atoms with Crippen molar-refractivity contribution in [3.63, 3.8) is 0 Å². The van der Waals surface area contributed by atoms with E-state index < -0.39 is 5.97 Å². The smallest absolute Gasteiger partial charge is 0.325 e. The van der Waals surface area contributed by atoms with E-state index in [2.05, 4.69) is 5.10 Å². The van der Waals surface area contributed by atoms with Gasteiger partial charge in [-0.2, -0.15) is 5.10 Å². The van der Waals surface area contributed by atoms with Gasteiger partial charge in [-0.3, -0.25) is 9.59 Å². The fraction of sp³-hybridized carbons (Fsp3) is 0.269. The summed E-state index contributed by atoms with van der Waals surface area (Å²) in [6.45, 7) is 2.26. The van der Waals surface area contributed by atoms with Crippen LogP contribution in [0.25, 0.3) is 6.08 Å². The van der Waals surface area contributed by atoms with E-state index in [4.69, 9.17) is 25.8 Å². The molecule has 0 atom stereocenters. The van der Waals surface area contributed by atoms with Crippen molar-refractivity contribution < 1.29 is 23.8 Å². The van der Waals surface area contributed by atoms with Gasteiger partial charge in [0.2, 0.25) is 5.91 Å². The molecule has 0 fully saturated rings. The summed E-state index contributed by atoms with van der Waals surface area (Å²) < 4.78 is 17.1. The van der Waals surface area contributed by atoms with E-state index in [1.54, 1.807) is 43.2 Å². The topological polar surface area (TPSA) is 82.9 Å². The van der Waals surface area contributed by atoms with Gasteiger partial charge in [-0.05, 0) is 36.3 Å². The van der Waals surface area contributed by atoms with Crippen molar-refractivity contribution >= 4 is 29.6 Å². The molecular weight excluding hydrogens is 470 g/mol. The largest absolute Gasteiger partial charge is 0.497 e. The molecule has 0 aliphatic heterocycles. The average Bonchev–Trinajstić information content (AvgIpc) is 3.13. The van der Waals surface area contributed by atoms with E-state index in [-0.39, 0.29) is 19.0 Å². The van der Waals surface area contributed by atoms with E-state index in [0.717, 1.165) is 11.1 Å². The molecule has 0 saturated heterocycles. The highest BCUT2D eigenvalue weighted by atomic mass is 35.5. The van der Waals surface area contributed by atoms with Gasteiger partial charge in [-0.1, -0.05) is 41.9 Å². The second kappa shape index (κ2) is 12.1. The van der Waals surface area contributed by atoms with Gasteiger partial charge < -0.3 is 19.1 Å². The number of carbonyl (C=O) groups excluding carboxylic acids is 2. The number of benzene rings is 2. The maximum Gasteiger partial charge on any atom is 0.325 e. The fourth-order valence-corrected chi connectivity index (χ4v) is 3.79. The van der Waals surface area contributed by atoms with Crippen molar-refractivity contribution in [2.75, 3.05) is 27.9 Å². The quantitative estimate of drug-likeness (QED) is 0.309. The van der Waals surface area contributed by atoms with Crippen LogP contribution in [0.2, 0.25) is 5.15 Å². The lowest BCUT2D eigenvalue weighted by atomic mass is 10.1. The maximum atomic E-state index is 13.1. The van der Waals surface area contributed by atoms with Crippen LogP contribution in [-0.4, -0.2) is 54.4 Å². The van der Waals surface area contributed by atoms with Gasteiger partial charge in [0.05, 0.1) is 33.6 Å². The molecule has 3 aromatic rings. The minimum absolute atomic E-state index is 0.145. The number of esters is 1. The lowest BCUT2D eigenvalue weighted by Crippen LogP contribution is -2.34. The number of aromatic nitrogens is 2. The molecule has 2 aromatic carbocycles. The lowest BCUT2D eigenvalue weighted by molar-refractivity contribution is -0.145. The Morgan fingerprint density at radius 1 is 1.03 bits per heavy atom. The summed E-state index contributed by atoms with van der Waals surface area (Å²) in [5.74, 6) is 0.233. The number of aryl methyl sites for hydroxylation is 1. The first kappa shape index (κ1) is 25.8. The number of nitrogens with zero attached hydrogens (tertiary/aromatic N) is 3. The standard InChI is InChI=1S/C26H28ClN3O5/c1-18-23(26(27)30(28-18)16-19-8-6-5-7-9-19)10-11-24(31)29(17-25(32)35-4)15-20-12-21(33-2)14-22(13-20)34-3/h5-14H,15-17H2,1-4H3/b11-10+. The summed E-state index contributed by atoms with van der Waals surface area (Å²) in [6.07, 6.45) is 2.99. The van der Waals surface area contributed by atoms with E-state index in [9.17, 15) is 9.59 Å². The van der Waals surface area contributed by atoms with Crippen molar-refractivity contribution in [2.24, 2.45) is 0 Å². The van der Waals surface area contributed by atoms with Crippen LogP contribution >= 0.6 is 11.6 Å². The first-order chi connectivity index (χ1) is 16.8. The monoisotopic (exact) mass is 497 g/mol. The Labute approximate surface area is 209 Å². The predicted octanol–water partition coefficient (Wildman–Crippen LogP) is 4.13. The highest BCUT2D eigenvalue weighted by molar-refractivity contribution is 6.31. The Morgan fingerprint density at radius 2 is 1.69 bits per heavy atom. The molecular formula is C26H28ClN3O5. The highest BCUT2D eigenvalue weighted by Crippen LogP contribution is 2.25. The van der Waals surface area contributed by atoms with Crippen molar-refractivity contribution in [1.29, 1.82) is 0 Å². The van der Waals surface area contributed by atoms with Crippen LogP contribution in [0, 0.1) is 6.92 Å². The molecule has 0 saturated carbocycles. The Bertz CT molecular complexity index is 1180. The summed E-state index contributed by atoms with van der Waals surface area (Å²) in [5, 5.41) is 4.93. The van der Waals surface area contributed by atoms with Gasteiger partial charge in [0.1, 0.15) is 23.2 Å². The maximum absolute atomic E-state index is 13.1. The number of methoxy groups -OCH3 is 3. The molecule has 8 nitrogen and oxygen atoms in total.